The van der Waals surface area contributed by atoms with Crippen molar-refractivity contribution in [1.82, 2.24) is 8.25 Å². The SMILES string of the molecule is O=S(=O)(NS(=O)(=O)C(F)(F)F)C(F)(F)F.O=S(=O)(NS(=O)(=O)C(F)(F)F)C(F)(F)F.[Fe+3]. The topological polar surface area (TPSA) is 161 Å². The van der Waals surface area contributed by atoms with Gasteiger partial charge in [0.1, 0.15) is 0 Å². The van der Waals surface area contributed by atoms with E-state index in [-0.39, 0.29) is 17.1 Å². The van der Waals surface area contributed by atoms with Crippen molar-refractivity contribution in [1.29, 1.82) is 0 Å². The standard InChI is InChI=1S/2C2HF6NO4S2.Fe/c2*3-1(4,5)14(10,11)9-15(12,13)2(6,7)8;/h2*9H;/q;;+3. The Morgan fingerprint density at radius 1 is 0.355 bits per heavy atom. The van der Waals surface area contributed by atoms with E-state index in [0.717, 1.165) is 0 Å². The first-order valence-electron chi connectivity index (χ1n) is 5.23. The van der Waals surface area contributed by atoms with Gasteiger partial charge in [-0.1, -0.05) is 8.25 Å². The predicted octanol–water partition coefficient (Wildman–Crippen LogP) is 0.548. The van der Waals surface area contributed by atoms with Crippen LogP contribution in [0.2, 0.25) is 0 Å². The zero-order valence-corrected chi connectivity index (χ0v) is 17.2. The average Bonchev–Trinajstić information content (AvgIpc) is 2.30. The van der Waals surface area contributed by atoms with Crippen LogP contribution in [-0.4, -0.2) is 55.7 Å². The molecule has 0 aliphatic heterocycles. The molecule has 1 radical (unpaired) electrons. The van der Waals surface area contributed by atoms with Crippen LogP contribution < -0.4 is 8.25 Å². The summed E-state index contributed by atoms with van der Waals surface area (Å²) >= 11 is 0. The van der Waals surface area contributed by atoms with Crippen molar-refractivity contribution in [3.63, 3.8) is 0 Å². The first-order chi connectivity index (χ1) is 12.4. The number of nitrogens with one attached hydrogen (secondary N) is 2. The number of rotatable bonds is 4. The largest absolute Gasteiger partial charge is 3.00 e. The average molecular weight is 618 g/mol. The number of hydrogen-bond donors (Lipinski definition) is 2. The van der Waals surface area contributed by atoms with E-state index in [9.17, 15) is 86.4 Å². The summed E-state index contributed by atoms with van der Waals surface area (Å²) in [6.07, 6.45) is 0. The summed E-state index contributed by atoms with van der Waals surface area (Å²) in [6.45, 7) is 0. The number of sulfonamides is 4. The van der Waals surface area contributed by atoms with Gasteiger partial charge in [0.15, 0.2) is 0 Å². The molecule has 2 N–H and O–H groups in total. The Hall–Kier alpha value is -0.601. The monoisotopic (exact) mass is 618 g/mol. The minimum Gasteiger partial charge on any atom is -0.202 e. The zero-order chi connectivity index (χ0) is 25.4. The van der Waals surface area contributed by atoms with Crippen LogP contribution in [-0.2, 0) is 57.2 Å². The Bertz CT molecular complexity index is 862. The molecule has 0 rings (SSSR count). The molecule has 0 fully saturated rings. The summed E-state index contributed by atoms with van der Waals surface area (Å²) in [4.78, 5) is 0. The Morgan fingerprint density at radius 3 is 0.516 bits per heavy atom. The fourth-order valence-electron chi connectivity index (χ4n) is 0.478. The van der Waals surface area contributed by atoms with Gasteiger partial charge >= 0.3 is 79.2 Å². The molecule has 27 heteroatoms. The fraction of sp³-hybridized carbons (Fsp3) is 1.00. The van der Waals surface area contributed by atoms with Crippen molar-refractivity contribution in [2.24, 2.45) is 0 Å². The number of halogens is 12. The zero-order valence-electron chi connectivity index (χ0n) is 12.8. The van der Waals surface area contributed by atoms with Gasteiger partial charge in [0.05, 0.1) is 0 Å². The van der Waals surface area contributed by atoms with Gasteiger partial charge in [-0.05, 0) is 0 Å². The van der Waals surface area contributed by atoms with E-state index in [4.69, 9.17) is 0 Å². The van der Waals surface area contributed by atoms with Crippen LogP contribution in [0, 0.1) is 0 Å². The Labute approximate surface area is 174 Å². The maximum Gasteiger partial charge on any atom is 3.00 e. The molecule has 0 spiro atoms. The van der Waals surface area contributed by atoms with Crippen LogP contribution in [0.5, 0.6) is 0 Å². The molecule has 0 aliphatic rings. The first kappa shape index (κ1) is 35.0. The Balaban J connectivity index is -0.000000490. The molecule has 0 unspecified atom stereocenters. The third-order valence-electron chi connectivity index (χ3n) is 1.66. The second-order valence-electron chi connectivity index (χ2n) is 3.96. The van der Waals surface area contributed by atoms with Crippen molar-refractivity contribution < 1.29 is 103 Å². The Morgan fingerprint density at radius 2 is 0.452 bits per heavy atom. The maximum absolute atomic E-state index is 11.5. The maximum atomic E-state index is 11.5. The molecule has 0 saturated carbocycles. The molecule has 0 amide bonds. The van der Waals surface area contributed by atoms with E-state index < -0.39 is 70.4 Å². The molecule has 0 aromatic carbocycles. The molecule has 0 saturated heterocycles. The van der Waals surface area contributed by atoms with E-state index in [1.165, 1.54) is 0 Å². The summed E-state index contributed by atoms with van der Waals surface area (Å²) in [5.41, 5.74) is -24.6. The summed E-state index contributed by atoms with van der Waals surface area (Å²) in [6, 6.07) is 0. The predicted molar refractivity (Wildman–Crippen MR) is 66.2 cm³/mol. The van der Waals surface area contributed by atoms with Crippen molar-refractivity contribution >= 4 is 40.1 Å². The summed E-state index contributed by atoms with van der Waals surface area (Å²) in [5.74, 6) is 0. The summed E-state index contributed by atoms with van der Waals surface area (Å²) in [7, 11) is -26.4. The summed E-state index contributed by atoms with van der Waals surface area (Å²) < 4.78 is 217. The molecular formula is C4H2F12FeN2O8S4+3. The molecule has 10 nitrogen and oxygen atoms in total. The van der Waals surface area contributed by atoms with Gasteiger partial charge in [-0.15, -0.1) is 0 Å². The molecule has 0 bridgehead atoms. The van der Waals surface area contributed by atoms with Crippen molar-refractivity contribution in [3.05, 3.63) is 0 Å². The molecule has 0 aliphatic carbocycles. The van der Waals surface area contributed by atoms with E-state index in [1.807, 2.05) is 0 Å². The molecule has 0 aromatic rings. The third-order valence-corrected chi connectivity index (χ3v) is 7.61. The second-order valence-corrected chi connectivity index (χ2v) is 11.2. The van der Waals surface area contributed by atoms with Gasteiger partial charge < -0.3 is 0 Å². The summed E-state index contributed by atoms with van der Waals surface area (Å²) in [5, 5.41) is 0. The smallest absolute Gasteiger partial charge is 0.202 e. The van der Waals surface area contributed by atoms with Crippen LogP contribution in [0.25, 0.3) is 0 Å². The molecule has 189 valence electrons. The number of alkyl halides is 12. The second kappa shape index (κ2) is 9.72. The minimum atomic E-state index is -6.60. The van der Waals surface area contributed by atoms with Gasteiger partial charge in [0.25, 0.3) is 0 Å². The van der Waals surface area contributed by atoms with Crippen LogP contribution in [0.4, 0.5) is 52.7 Å². The van der Waals surface area contributed by atoms with Crippen LogP contribution >= 0.6 is 0 Å². The molecular weight excluding hydrogens is 616 g/mol. The molecule has 0 atom stereocenters. The number of hydrogen-bond acceptors (Lipinski definition) is 8. The normalized spacial score (nSPS) is 14.8. The van der Waals surface area contributed by atoms with E-state index >= 15 is 0 Å². The van der Waals surface area contributed by atoms with Gasteiger partial charge in [-0.2, -0.15) is 52.7 Å². The van der Waals surface area contributed by atoms with Gasteiger partial charge in [0, 0.05) is 0 Å². The van der Waals surface area contributed by atoms with Gasteiger partial charge in [0.2, 0.25) is 0 Å². The molecule has 31 heavy (non-hydrogen) atoms. The van der Waals surface area contributed by atoms with Crippen LogP contribution in [0.3, 0.4) is 0 Å². The van der Waals surface area contributed by atoms with E-state index in [1.54, 1.807) is 0 Å². The van der Waals surface area contributed by atoms with Gasteiger partial charge in [-0.3, -0.25) is 0 Å². The van der Waals surface area contributed by atoms with Gasteiger partial charge in [-0.25, -0.2) is 33.7 Å². The van der Waals surface area contributed by atoms with E-state index in [0.29, 0.717) is 0 Å². The van der Waals surface area contributed by atoms with Crippen LogP contribution in [0.1, 0.15) is 0 Å². The van der Waals surface area contributed by atoms with Crippen molar-refractivity contribution in [3.8, 4) is 0 Å². The first-order valence-corrected chi connectivity index (χ1v) is 11.2. The minimum absolute atomic E-state index is 0. The van der Waals surface area contributed by atoms with Crippen LogP contribution in [0.15, 0.2) is 0 Å². The molecule has 0 aromatic heterocycles. The fourth-order valence-corrected chi connectivity index (χ4v) is 4.30. The quantitative estimate of drug-likeness (QED) is 0.342. The van der Waals surface area contributed by atoms with Crippen molar-refractivity contribution in [2.45, 2.75) is 22.0 Å². The third kappa shape index (κ3) is 9.82. The van der Waals surface area contributed by atoms with Crippen molar-refractivity contribution in [2.75, 3.05) is 0 Å². The van der Waals surface area contributed by atoms with E-state index in [2.05, 4.69) is 0 Å². The molecule has 0 heterocycles. The Kier molecular flexibility index (Phi) is 11.0.